The summed E-state index contributed by atoms with van der Waals surface area (Å²) in [6, 6.07) is 74.3. The lowest BCUT2D eigenvalue weighted by atomic mass is 10.1. The first-order valence-corrected chi connectivity index (χ1v) is 22.3. The molecule has 1 aromatic heterocycles. The lowest BCUT2D eigenvalue weighted by molar-refractivity contribution is 1.01. The molecule has 52 heavy (non-hydrogen) atoms. The molecule has 1 nitrogen and oxygen atoms in total. The van der Waals surface area contributed by atoms with Crippen LogP contribution >= 0.6 is 0 Å². The molecule has 0 atom stereocenters. The van der Waals surface area contributed by atoms with Crippen LogP contribution in [0.1, 0.15) is 0 Å². The summed E-state index contributed by atoms with van der Waals surface area (Å²) in [5.74, 6) is 0. The Labute approximate surface area is 306 Å². The molecule has 9 aromatic rings. The van der Waals surface area contributed by atoms with Crippen molar-refractivity contribution in [1.29, 1.82) is 0 Å². The summed E-state index contributed by atoms with van der Waals surface area (Å²) in [6.45, 7) is 0. The van der Waals surface area contributed by atoms with Gasteiger partial charge in [0.2, 0.25) is 0 Å². The van der Waals surface area contributed by atoms with E-state index < -0.39 is 16.1 Å². The van der Waals surface area contributed by atoms with Crippen molar-refractivity contribution in [2.24, 2.45) is 7.05 Å². The summed E-state index contributed by atoms with van der Waals surface area (Å²) in [5.41, 5.74) is 8.06. The van der Waals surface area contributed by atoms with E-state index in [9.17, 15) is 0 Å². The van der Waals surface area contributed by atoms with Crippen molar-refractivity contribution in [1.82, 2.24) is 4.57 Å². The molecule has 0 saturated heterocycles. The SMILES string of the molecule is Cn1c2ccc([Si]3(c4ccccc4)c4ccccc4-c4ccccc43)cc2c2cc([Si]3(c4ccccc4)c4ccccc4-c4ccccc43)ccc21. The van der Waals surface area contributed by atoms with Gasteiger partial charge < -0.3 is 4.57 Å². The average molecular weight is 694 g/mol. The predicted octanol–water partition coefficient (Wildman–Crippen LogP) is 6.05. The number of nitrogens with zero attached hydrogens (tertiary/aromatic N) is 1. The molecule has 0 amide bonds. The lowest BCUT2D eigenvalue weighted by Gasteiger charge is -2.31. The zero-order valence-corrected chi connectivity index (χ0v) is 30.9. The van der Waals surface area contributed by atoms with E-state index in [1.807, 2.05) is 0 Å². The highest BCUT2D eigenvalue weighted by molar-refractivity contribution is 7.23. The number of hydrogen-bond acceptors (Lipinski definition) is 0. The van der Waals surface area contributed by atoms with Gasteiger partial charge in [-0.2, -0.15) is 0 Å². The van der Waals surface area contributed by atoms with Gasteiger partial charge >= 0.3 is 0 Å². The Kier molecular flexibility index (Phi) is 6.28. The molecule has 0 N–H and O–H groups in total. The van der Waals surface area contributed by atoms with Crippen molar-refractivity contribution in [2.45, 2.75) is 0 Å². The van der Waals surface area contributed by atoms with Crippen LogP contribution in [0.4, 0.5) is 0 Å². The predicted molar refractivity (Wildman–Crippen MR) is 226 cm³/mol. The molecule has 0 radical (unpaired) electrons. The molecule has 2 aliphatic heterocycles. The average Bonchev–Trinajstić information content (AvgIpc) is 3.80. The molecule has 244 valence electrons. The highest BCUT2D eigenvalue weighted by Crippen LogP contribution is 2.33. The molecule has 8 aromatic carbocycles. The van der Waals surface area contributed by atoms with Crippen LogP contribution in [0.2, 0.25) is 0 Å². The number of benzene rings is 8. The minimum atomic E-state index is -2.62. The van der Waals surface area contributed by atoms with Crippen molar-refractivity contribution in [2.75, 3.05) is 0 Å². The van der Waals surface area contributed by atoms with E-state index in [0.29, 0.717) is 0 Å². The second kappa shape index (κ2) is 11.0. The van der Waals surface area contributed by atoms with Crippen LogP contribution in [-0.4, -0.2) is 20.7 Å². The Hall–Kier alpha value is -6.01. The number of fused-ring (bicyclic) bond motifs is 9. The van der Waals surface area contributed by atoms with Crippen LogP contribution < -0.4 is 41.5 Å². The van der Waals surface area contributed by atoms with Gasteiger partial charge in [-0.1, -0.05) is 182 Å². The van der Waals surface area contributed by atoms with Crippen LogP contribution in [0.5, 0.6) is 0 Å². The zero-order chi connectivity index (χ0) is 34.4. The zero-order valence-electron chi connectivity index (χ0n) is 28.9. The topological polar surface area (TPSA) is 4.93 Å². The largest absolute Gasteiger partial charge is 0.344 e. The molecule has 11 rings (SSSR count). The van der Waals surface area contributed by atoms with Gasteiger partial charge in [-0.15, -0.1) is 0 Å². The molecule has 0 spiro atoms. The minimum Gasteiger partial charge on any atom is -0.344 e. The van der Waals surface area contributed by atoms with Crippen molar-refractivity contribution in [3.8, 4) is 22.3 Å². The van der Waals surface area contributed by atoms with Gasteiger partial charge in [-0.3, -0.25) is 0 Å². The summed E-state index contributed by atoms with van der Waals surface area (Å²) in [4.78, 5) is 0. The summed E-state index contributed by atoms with van der Waals surface area (Å²) < 4.78 is 2.40. The summed E-state index contributed by atoms with van der Waals surface area (Å²) in [6.07, 6.45) is 0. The number of aromatic nitrogens is 1. The van der Waals surface area contributed by atoms with Crippen LogP contribution in [0.3, 0.4) is 0 Å². The lowest BCUT2D eigenvalue weighted by Crippen LogP contribution is -2.72. The first kappa shape index (κ1) is 29.7. The fourth-order valence-corrected chi connectivity index (χ4v) is 20.5. The maximum absolute atomic E-state index is 2.62. The number of hydrogen-bond donors (Lipinski definition) is 0. The summed E-state index contributed by atoms with van der Waals surface area (Å²) >= 11 is 0. The van der Waals surface area contributed by atoms with E-state index in [4.69, 9.17) is 0 Å². The third kappa shape index (κ3) is 3.71. The summed E-state index contributed by atoms with van der Waals surface area (Å²) in [7, 11) is -3.01. The summed E-state index contributed by atoms with van der Waals surface area (Å²) in [5, 5.41) is 14.3. The van der Waals surface area contributed by atoms with Crippen molar-refractivity contribution in [3.05, 3.63) is 194 Å². The maximum Gasteiger partial charge on any atom is 0.180 e. The second-order valence-corrected chi connectivity index (χ2v) is 21.9. The highest BCUT2D eigenvalue weighted by atomic mass is 28.3. The van der Waals surface area contributed by atoms with E-state index in [1.54, 1.807) is 0 Å². The van der Waals surface area contributed by atoms with Gasteiger partial charge in [-0.25, -0.2) is 0 Å². The van der Waals surface area contributed by atoms with Crippen molar-refractivity contribution >= 4 is 79.4 Å². The van der Waals surface area contributed by atoms with Gasteiger partial charge in [0, 0.05) is 28.9 Å². The van der Waals surface area contributed by atoms with Crippen LogP contribution in [0.15, 0.2) is 194 Å². The Morgan fingerprint density at radius 2 is 0.615 bits per heavy atom. The second-order valence-electron chi connectivity index (χ2n) is 14.4. The molecule has 0 bridgehead atoms. The fraction of sp³-hybridized carbons (Fsp3) is 0.0204. The molecule has 3 heteroatoms. The maximum atomic E-state index is 2.58. The smallest absolute Gasteiger partial charge is 0.180 e. The van der Waals surface area contributed by atoms with Crippen LogP contribution in [0.25, 0.3) is 44.1 Å². The molecule has 0 saturated carbocycles. The first-order valence-electron chi connectivity index (χ1n) is 18.3. The van der Waals surface area contributed by atoms with Crippen molar-refractivity contribution in [3.63, 3.8) is 0 Å². The highest BCUT2D eigenvalue weighted by Gasteiger charge is 2.50. The number of rotatable bonds is 4. The Bertz CT molecular complexity index is 2580. The molecule has 0 fully saturated rings. The normalized spacial score (nSPS) is 14.6. The molecule has 0 unspecified atom stereocenters. The molecular formula is C49H35NSi2. The standard InChI is InChI=1S/C49H35NSi2/c1-50-44-30-28-36(51(34-16-4-2-5-17-34)46-24-12-8-20-38(46)39-21-9-13-25-47(39)51)32-42(44)43-33-37(29-31-45(43)50)52(35-18-6-3-7-19-35)48-26-14-10-22-40(48)41-23-11-15-27-49(41)52/h2-33H,1H3. The van der Waals surface area contributed by atoms with Gasteiger partial charge in [0.25, 0.3) is 0 Å². The number of aryl methyl sites for hydroxylation is 1. The van der Waals surface area contributed by atoms with Gasteiger partial charge in [0.15, 0.2) is 16.1 Å². The van der Waals surface area contributed by atoms with E-state index in [2.05, 4.69) is 206 Å². The monoisotopic (exact) mass is 693 g/mol. The van der Waals surface area contributed by atoms with E-state index >= 15 is 0 Å². The minimum absolute atomic E-state index is 1.27. The molecule has 3 heterocycles. The Morgan fingerprint density at radius 1 is 0.308 bits per heavy atom. The molecule has 2 aliphatic rings. The van der Waals surface area contributed by atoms with Gasteiger partial charge in [-0.05, 0) is 75.9 Å². The third-order valence-corrected chi connectivity index (χ3v) is 21.9. The van der Waals surface area contributed by atoms with Gasteiger partial charge in [0.1, 0.15) is 0 Å². The quantitative estimate of drug-likeness (QED) is 0.198. The van der Waals surface area contributed by atoms with E-state index in [0.717, 1.165) is 0 Å². The Balaban J connectivity index is 1.23. The first-order chi connectivity index (χ1) is 25.7. The van der Waals surface area contributed by atoms with Gasteiger partial charge in [0.05, 0.1) is 0 Å². The van der Waals surface area contributed by atoms with E-state index in [-0.39, 0.29) is 0 Å². The Morgan fingerprint density at radius 3 is 0.962 bits per heavy atom. The fourth-order valence-electron chi connectivity index (χ4n) is 10.1. The third-order valence-electron chi connectivity index (χ3n) is 12.2. The molecular weight excluding hydrogens is 659 g/mol. The van der Waals surface area contributed by atoms with Crippen molar-refractivity contribution < 1.29 is 0 Å². The van der Waals surface area contributed by atoms with Crippen LogP contribution in [0, 0.1) is 0 Å². The van der Waals surface area contributed by atoms with E-state index in [1.165, 1.54) is 85.6 Å². The van der Waals surface area contributed by atoms with Crippen LogP contribution in [-0.2, 0) is 7.05 Å². The molecule has 0 aliphatic carbocycles.